The molecule has 2 rings (SSSR count). The highest BCUT2D eigenvalue weighted by molar-refractivity contribution is 4.91. The third kappa shape index (κ3) is 2.39. The molecular weight excluding hydrogens is 198 g/mol. The summed E-state index contributed by atoms with van der Waals surface area (Å²) >= 11 is 0. The summed E-state index contributed by atoms with van der Waals surface area (Å²) in [4.78, 5) is 5.06. The zero-order valence-corrected chi connectivity index (χ0v) is 10.5. The number of rotatable bonds is 2. The number of nitriles is 1. The lowest BCUT2D eigenvalue weighted by Gasteiger charge is -2.47. The van der Waals surface area contributed by atoms with E-state index in [1.54, 1.807) is 0 Å². The van der Waals surface area contributed by atoms with Gasteiger partial charge in [-0.1, -0.05) is 0 Å². The maximum Gasteiger partial charge on any atom is 0.0638 e. The summed E-state index contributed by atoms with van der Waals surface area (Å²) < 4.78 is 0. The van der Waals surface area contributed by atoms with Gasteiger partial charge in [-0.2, -0.15) is 5.26 Å². The van der Waals surface area contributed by atoms with Gasteiger partial charge >= 0.3 is 0 Å². The molecule has 0 aromatic carbocycles. The summed E-state index contributed by atoms with van der Waals surface area (Å²) in [5.41, 5.74) is 0. The fourth-order valence-electron chi connectivity index (χ4n) is 3.34. The Morgan fingerprint density at radius 2 is 2.19 bits per heavy atom. The van der Waals surface area contributed by atoms with Crippen LogP contribution in [0, 0.1) is 17.2 Å². The Bertz CT molecular complexity index is 271. The van der Waals surface area contributed by atoms with Crippen LogP contribution in [0.25, 0.3) is 0 Å². The van der Waals surface area contributed by atoms with Crippen molar-refractivity contribution in [2.45, 2.75) is 44.7 Å². The number of fused-ring (bicyclic) bond motifs is 1. The van der Waals surface area contributed by atoms with E-state index in [1.165, 1.54) is 38.9 Å². The van der Waals surface area contributed by atoms with E-state index < -0.39 is 0 Å². The minimum Gasteiger partial charge on any atom is -0.303 e. The molecule has 3 heteroatoms. The van der Waals surface area contributed by atoms with Crippen LogP contribution in [0.15, 0.2) is 0 Å². The minimum atomic E-state index is 0.443. The first kappa shape index (κ1) is 11.9. The largest absolute Gasteiger partial charge is 0.303 e. The summed E-state index contributed by atoms with van der Waals surface area (Å²) in [6.07, 6.45) is 4.69. The molecule has 3 atom stereocenters. The molecule has 2 saturated heterocycles. The molecule has 2 fully saturated rings. The number of hydrogen-bond acceptors (Lipinski definition) is 3. The van der Waals surface area contributed by atoms with Gasteiger partial charge in [-0.25, -0.2) is 0 Å². The third-order valence-electron chi connectivity index (χ3n) is 4.39. The van der Waals surface area contributed by atoms with E-state index in [-0.39, 0.29) is 0 Å². The highest BCUT2D eigenvalue weighted by Gasteiger charge is 2.35. The lowest BCUT2D eigenvalue weighted by atomic mass is 9.83. The minimum absolute atomic E-state index is 0.443. The Balaban J connectivity index is 1.92. The van der Waals surface area contributed by atoms with Crippen molar-refractivity contribution in [2.75, 3.05) is 26.7 Å². The van der Waals surface area contributed by atoms with E-state index in [4.69, 9.17) is 5.26 Å². The standard InChI is InChI=1S/C13H23N3/c1-11(5-7-14)16-9-6-13-12(10-16)4-3-8-15(13)2/h11-13H,3-6,8-10H2,1-2H3. The van der Waals surface area contributed by atoms with Crippen molar-refractivity contribution in [3.63, 3.8) is 0 Å². The summed E-state index contributed by atoms with van der Waals surface area (Å²) in [5.74, 6) is 0.841. The van der Waals surface area contributed by atoms with E-state index in [2.05, 4.69) is 29.8 Å². The maximum atomic E-state index is 8.76. The van der Waals surface area contributed by atoms with Crippen LogP contribution >= 0.6 is 0 Å². The Morgan fingerprint density at radius 1 is 1.38 bits per heavy atom. The first-order valence-electron chi connectivity index (χ1n) is 6.53. The van der Waals surface area contributed by atoms with Crippen LogP contribution < -0.4 is 0 Å². The molecule has 3 nitrogen and oxygen atoms in total. The molecule has 0 aromatic rings. The van der Waals surface area contributed by atoms with Crippen LogP contribution in [0.2, 0.25) is 0 Å². The Labute approximate surface area is 99.0 Å². The molecule has 16 heavy (non-hydrogen) atoms. The highest BCUT2D eigenvalue weighted by atomic mass is 15.2. The second-order valence-electron chi connectivity index (χ2n) is 5.45. The Morgan fingerprint density at radius 3 is 2.94 bits per heavy atom. The molecule has 0 radical (unpaired) electrons. The van der Waals surface area contributed by atoms with Gasteiger partial charge in [0.05, 0.1) is 12.5 Å². The Hall–Kier alpha value is -0.590. The van der Waals surface area contributed by atoms with E-state index in [0.29, 0.717) is 12.5 Å². The van der Waals surface area contributed by atoms with Crippen molar-refractivity contribution in [2.24, 2.45) is 5.92 Å². The Kier molecular flexibility index (Phi) is 3.83. The lowest BCUT2D eigenvalue weighted by Crippen LogP contribution is -2.54. The fourth-order valence-corrected chi connectivity index (χ4v) is 3.34. The van der Waals surface area contributed by atoms with Gasteiger partial charge in [0, 0.05) is 18.6 Å². The molecule has 2 aliphatic heterocycles. The van der Waals surface area contributed by atoms with Crippen molar-refractivity contribution in [1.82, 2.24) is 9.80 Å². The first-order chi connectivity index (χ1) is 7.72. The molecule has 0 saturated carbocycles. The third-order valence-corrected chi connectivity index (χ3v) is 4.39. The van der Waals surface area contributed by atoms with E-state index >= 15 is 0 Å². The SMILES string of the molecule is CC(CC#N)N1CCC2C(CCCN2C)C1. The molecule has 0 spiro atoms. The van der Waals surface area contributed by atoms with Crippen LogP contribution in [0.4, 0.5) is 0 Å². The monoisotopic (exact) mass is 221 g/mol. The lowest BCUT2D eigenvalue weighted by molar-refractivity contribution is 0.0241. The van der Waals surface area contributed by atoms with Crippen LogP contribution in [0.1, 0.15) is 32.6 Å². The van der Waals surface area contributed by atoms with Crippen LogP contribution in [0.5, 0.6) is 0 Å². The normalized spacial score (nSPS) is 34.1. The second kappa shape index (κ2) is 5.16. The van der Waals surface area contributed by atoms with Crippen LogP contribution in [0.3, 0.4) is 0 Å². The predicted molar refractivity (Wildman–Crippen MR) is 65.0 cm³/mol. The predicted octanol–water partition coefficient (Wildman–Crippen LogP) is 1.70. The summed E-state index contributed by atoms with van der Waals surface area (Å²) in [6.45, 7) is 5.84. The second-order valence-corrected chi connectivity index (χ2v) is 5.45. The summed E-state index contributed by atoms with van der Waals surface area (Å²) in [6, 6.07) is 3.54. The van der Waals surface area contributed by atoms with Gasteiger partial charge < -0.3 is 4.90 Å². The molecule has 2 heterocycles. The van der Waals surface area contributed by atoms with E-state index in [0.717, 1.165) is 12.0 Å². The highest BCUT2D eigenvalue weighted by Crippen LogP contribution is 2.30. The maximum absolute atomic E-state index is 8.76. The van der Waals surface area contributed by atoms with Crippen LogP contribution in [-0.2, 0) is 0 Å². The zero-order chi connectivity index (χ0) is 11.5. The average molecular weight is 221 g/mol. The van der Waals surface area contributed by atoms with Gasteiger partial charge in [-0.15, -0.1) is 0 Å². The van der Waals surface area contributed by atoms with Crippen molar-refractivity contribution in [1.29, 1.82) is 5.26 Å². The molecule has 0 bridgehead atoms. The van der Waals surface area contributed by atoms with Gasteiger partial charge in [0.25, 0.3) is 0 Å². The molecule has 0 aromatic heterocycles. The number of nitrogens with zero attached hydrogens (tertiary/aromatic N) is 3. The quantitative estimate of drug-likeness (QED) is 0.711. The van der Waals surface area contributed by atoms with E-state index in [9.17, 15) is 0 Å². The van der Waals surface area contributed by atoms with Crippen molar-refractivity contribution in [3.8, 4) is 6.07 Å². The van der Waals surface area contributed by atoms with Gasteiger partial charge in [0.15, 0.2) is 0 Å². The first-order valence-corrected chi connectivity index (χ1v) is 6.53. The molecule has 0 aliphatic carbocycles. The molecule has 90 valence electrons. The van der Waals surface area contributed by atoms with Gasteiger partial charge in [-0.3, -0.25) is 4.90 Å². The fraction of sp³-hybridized carbons (Fsp3) is 0.923. The molecule has 2 aliphatic rings. The molecule has 0 amide bonds. The van der Waals surface area contributed by atoms with Crippen molar-refractivity contribution in [3.05, 3.63) is 0 Å². The average Bonchev–Trinajstić information content (AvgIpc) is 2.29. The van der Waals surface area contributed by atoms with E-state index in [1.807, 2.05) is 0 Å². The molecule has 3 unspecified atom stereocenters. The van der Waals surface area contributed by atoms with Gasteiger partial charge in [-0.05, 0) is 52.2 Å². The topological polar surface area (TPSA) is 30.3 Å². The summed E-state index contributed by atoms with van der Waals surface area (Å²) in [5, 5.41) is 8.76. The smallest absolute Gasteiger partial charge is 0.0638 e. The number of likely N-dealkylation sites (tertiary alicyclic amines) is 2. The van der Waals surface area contributed by atoms with Gasteiger partial charge in [0.2, 0.25) is 0 Å². The summed E-state index contributed by atoms with van der Waals surface area (Å²) in [7, 11) is 2.27. The zero-order valence-electron chi connectivity index (χ0n) is 10.5. The van der Waals surface area contributed by atoms with Crippen molar-refractivity contribution >= 4 is 0 Å². The van der Waals surface area contributed by atoms with Crippen LogP contribution in [-0.4, -0.2) is 48.6 Å². The van der Waals surface area contributed by atoms with Crippen molar-refractivity contribution < 1.29 is 0 Å². The molecular formula is C13H23N3. The number of piperidine rings is 2. The van der Waals surface area contributed by atoms with Gasteiger partial charge in [0.1, 0.15) is 0 Å². The number of hydrogen-bond donors (Lipinski definition) is 0. The molecule has 0 N–H and O–H groups in total.